The number of para-hydroxylation sites is 2. The molecular formula is C17H24N2O4. The van der Waals surface area contributed by atoms with Gasteiger partial charge in [0.2, 0.25) is 0 Å². The van der Waals surface area contributed by atoms with Crippen LogP contribution in [0.3, 0.4) is 0 Å². The molecule has 23 heavy (non-hydrogen) atoms. The van der Waals surface area contributed by atoms with Crippen molar-refractivity contribution in [1.82, 2.24) is 4.90 Å². The summed E-state index contributed by atoms with van der Waals surface area (Å²) in [6, 6.07) is 7.58. The van der Waals surface area contributed by atoms with E-state index in [0.717, 1.165) is 24.3 Å². The number of carbonyl (C=O) groups is 1. The maximum absolute atomic E-state index is 12.6. The fourth-order valence-corrected chi connectivity index (χ4v) is 3.04. The van der Waals surface area contributed by atoms with Gasteiger partial charge in [-0.3, -0.25) is 4.79 Å². The number of hydrogen-bond donors (Lipinski definition) is 1. The highest BCUT2D eigenvalue weighted by atomic mass is 16.6. The molecular weight excluding hydrogens is 296 g/mol. The number of nitrogens with zero attached hydrogens (tertiary/aromatic N) is 1. The van der Waals surface area contributed by atoms with E-state index in [4.69, 9.17) is 19.9 Å². The van der Waals surface area contributed by atoms with Crippen LogP contribution in [0.25, 0.3) is 0 Å². The van der Waals surface area contributed by atoms with Gasteiger partial charge in [0.15, 0.2) is 17.6 Å². The van der Waals surface area contributed by atoms with E-state index >= 15 is 0 Å². The monoisotopic (exact) mass is 320 g/mol. The SMILES string of the molecule is CCN(CC1COc2ccccc2O1)C(=O)[C@@H]1CC[C@H](CN)O1. The van der Waals surface area contributed by atoms with Crippen LogP contribution in [-0.2, 0) is 9.53 Å². The van der Waals surface area contributed by atoms with Crippen molar-refractivity contribution in [3.8, 4) is 11.5 Å². The number of nitrogens with two attached hydrogens (primary N) is 1. The molecule has 2 N–H and O–H groups in total. The van der Waals surface area contributed by atoms with Crippen molar-refractivity contribution in [2.75, 3.05) is 26.2 Å². The van der Waals surface area contributed by atoms with Gasteiger partial charge in [-0.1, -0.05) is 12.1 Å². The maximum atomic E-state index is 12.6. The summed E-state index contributed by atoms with van der Waals surface area (Å²) in [5.41, 5.74) is 5.61. The van der Waals surface area contributed by atoms with E-state index in [2.05, 4.69) is 0 Å². The molecule has 1 fully saturated rings. The second-order valence-electron chi connectivity index (χ2n) is 5.93. The van der Waals surface area contributed by atoms with Gasteiger partial charge in [0.25, 0.3) is 5.91 Å². The van der Waals surface area contributed by atoms with Gasteiger partial charge in [-0.25, -0.2) is 0 Å². The van der Waals surface area contributed by atoms with Gasteiger partial charge in [0.1, 0.15) is 12.7 Å². The molecule has 0 aromatic heterocycles. The normalized spacial score (nSPS) is 26.1. The lowest BCUT2D eigenvalue weighted by atomic mass is 10.1. The standard InChI is InChI=1S/C17H24N2O4/c1-2-19(17(20)16-8-7-12(9-18)22-16)10-13-11-21-14-5-3-4-6-15(14)23-13/h3-6,12-13,16H,2,7-11,18H2,1H3/t12-,13?,16+/m1/s1. The quantitative estimate of drug-likeness (QED) is 0.882. The van der Waals surface area contributed by atoms with Crippen LogP contribution >= 0.6 is 0 Å². The van der Waals surface area contributed by atoms with Crippen LogP contribution in [0.1, 0.15) is 19.8 Å². The van der Waals surface area contributed by atoms with Crippen molar-refractivity contribution in [2.45, 2.75) is 38.1 Å². The number of likely N-dealkylation sites (N-methyl/N-ethyl adjacent to an activating group) is 1. The number of carbonyl (C=O) groups excluding carboxylic acids is 1. The third-order valence-corrected chi connectivity index (χ3v) is 4.33. The van der Waals surface area contributed by atoms with Crippen LogP contribution in [0, 0.1) is 0 Å². The summed E-state index contributed by atoms with van der Waals surface area (Å²) in [4.78, 5) is 14.4. The van der Waals surface area contributed by atoms with E-state index < -0.39 is 0 Å². The van der Waals surface area contributed by atoms with Gasteiger partial charge in [0, 0.05) is 13.1 Å². The summed E-state index contributed by atoms with van der Waals surface area (Å²) in [5.74, 6) is 1.50. The first-order chi connectivity index (χ1) is 11.2. The number of amides is 1. The molecule has 1 aromatic rings. The minimum Gasteiger partial charge on any atom is -0.486 e. The zero-order chi connectivity index (χ0) is 16.2. The summed E-state index contributed by atoms with van der Waals surface area (Å²) in [5, 5.41) is 0. The highest BCUT2D eigenvalue weighted by molar-refractivity contribution is 5.81. The topological polar surface area (TPSA) is 74.0 Å². The molecule has 126 valence electrons. The first-order valence-electron chi connectivity index (χ1n) is 8.24. The number of ether oxygens (including phenoxy) is 3. The van der Waals surface area contributed by atoms with Crippen LogP contribution in [0.15, 0.2) is 24.3 Å². The maximum Gasteiger partial charge on any atom is 0.251 e. The van der Waals surface area contributed by atoms with Gasteiger partial charge < -0.3 is 24.8 Å². The molecule has 2 aliphatic heterocycles. The smallest absolute Gasteiger partial charge is 0.251 e. The highest BCUT2D eigenvalue weighted by Gasteiger charge is 2.34. The van der Waals surface area contributed by atoms with Crippen molar-refractivity contribution < 1.29 is 19.0 Å². The number of fused-ring (bicyclic) bond motifs is 1. The van der Waals surface area contributed by atoms with Gasteiger partial charge in [-0.15, -0.1) is 0 Å². The lowest BCUT2D eigenvalue weighted by Gasteiger charge is -2.32. The lowest BCUT2D eigenvalue weighted by molar-refractivity contribution is -0.144. The Labute approximate surface area is 136 Å². The zero-order valence-corrected chi connectivity index (χ0v) is 13.4. The number of hydrogen-bond acceptors (Lipinski definition) is 5. The summed E-state index contributed by atoms with van der Waals surface area (Å²) >= 11 is 0. The minimum atomic E-state index is -0.375. The molecule has 6 heteroatoms. The Bertz CT molecular complexity index is 551. The zero-order valence-electron chi connectivity index (χ0n) is 13.4. The minimum absolute atomic E-state index is 0.00352. The Balaban J connectivity index is 1.59. The van der Waals surface area contributed by atoms with Crippen LogP contribution < -0.4 is 15.2 Å². The predicted octanol–water partition coefficient (Wildman–Crippen LogP) is 1.18. The molecule has 2 heterocycles. The summed E-state index contributed by atoms with van der Waals surface area (Å²) in [6.07, 6.45) is 1.05. The van der Waals surface area contributed by atoms with Gasteiger partial charge in [0.05, 0.1) is 12.6 Å². The fraction of sp³-hybridized carbons (Fsp3) is 0.588. The Morgan fingerprint density at radius 2 is 2.04 bits per heavy atom. The van der Waals surface area contributed by atoms with E-state index in [9.17, 15) is 4.79 Å². The average molecular weight is 320 g/mol. The van der Waals surface area contributed by atoms with Crippen molar-refractivity contribution in [2.24, 2.45) is 5.73 Å². The van der Waals surface area contributed by atoms with E-state index in [1.165, 1.54) is 0 Å². The molecule has 2 aliphatic rings. The lowest BCUT2D eigenvalue weighted by Crippen LogP contribution is -2.47. The summed E-state index contributed by atoms with van der Waals surface area (Å²) < 4.78 is 17.4. The molecule has 1 unspecified atom stereocenters. The van der Waals surface area contributed by atoms with Crippen LogP contribution in [-0.4, -0.2) is 55.4 Å². The van der Waals surface area contributed by atoms with Gasteiger partial charge in [-0.2, -0.15) is 0 Å². The highest BCUT2D eigenvalue weighted by Crippen LogP contribution is 2.31. The Kier molecular flexibility index (Phi) is 5.03. The third kappa shape index (κ3) is 3.59. The fourth-order valence-electron chi connectivity index (χ4n) is 3.04. The van der Waals surface area contributed by atoms with Crippen LogP contribution in [0.4, 0.5) is 0 Å². The largest absolute Gasteiger partial charge is 0.486 e. The predicted molar refractivity (Wildman–Crippen MR) is 85.6 cm³/mol. The molecule has 1 amide bonds. The van der Waals surface area contributed by atoms with E-state index in [-0.39, 0.29) is 24.2 Å². The van der Waals surface area contributed by atoms with Crippen LogP contribution in [0.2, 0.25) is 0 Å². The molecule has 3 atom stereocenters. The van der Waals surface area contributed by atoms with Crippen LogP contribution in [0.5, 0.6) is 11.5 Å². The average Bonchev–Trinajstić information content (AvgIpc) is 3.08. The van der Waals surface area contributed by atoms with Crippen molar-refractivity contribution >= 4 is 5.91 Å². The molecule has 0 spiro atoms. The Morgan fingerprint density at radius 1 is 1.26 bits per heavy atom. The summed E-state index contributed by atoms with van der Waals surface area (Å²) in [7, 11) is 0. The van der Waals surface area contributed by atoms with Crippen molar-refractivity contribution in [3.63, 3.8) is 0 Å². The summed E-state index contributed by atoms with van der Waals surface area (Å²) in [6.45, 7) is 3.99. The third-order valence-electron chi connectivity index (χ3n) is 4.33. The first kappa shape index (κ1) is 16.1. The van der Waals surface area contributed by atoms with E-state index in [0.29, 0.717) is 26.2 Å². The molecule has 6 nitrogen and oxygen atoms in total. The molecule has 0 aliphatic carbocycles. The van der Waals surface area contributed by atoms with E-state index in [1.807, 2.05) is 31.2 Å². The number of benzene rings is 1. The molecule has 1 aromatic carbocycles. The molecule has 0 bridgehead atoms. The van der Waals surface area contributed by atoms with Crippen molar-refractivity contribution in [1.29, 1.82) is 0 Å². The molecule has 1 saturated heterocycles. The Hall–Kier alpha value is -1.79. The molecule has 0 saturated carbocycles. The van der Waals surface area contributed by atoms with Gasteiger partial charge in [-0.05, 0) is 31.9 Å². The molecule has 3 rings (SSSR count). The Morgan fingerprint density at radius 3 is 2.74 bits per heavy atom. The van der Waals surface area contributed by atoms with Crippen molar-refractivity contribution in [3.05, 3.63) is 24.3 Å². The van der Waals surface area contributed by atoms with Gasteiger partial charge >= 0.3 is 0 Å². The number of rotatable bonds is 5. The molecule has 0 radical (unpaired) electrons. The second kappa shape index (κ2) is 7.19. The second-order valence-corrected chi connectivity index (χ2v) is 5.93. The van der Waals surface area contributed by atoms with E-state index in [1.54, 1.807) is 4.90 Å². The first-order valence-corrected chi connectivity index (χ1v) is 8.24.